The Balaban J connectivity index is 1.48. The highest BCUT2D eigenvalue weighted by molar-refractivity contribution is 6.10. The largest absolute Gasteiger partial charge is 0.404 e. The van der Waals surface area contributed by atoms with Crippen molar-refractivity contribution in [2.24, 2.45) is 10.7 Å². The summed E-state index contributed by atoms with van der Waals surface area (Å²) in [5.41, 5.74) is 10.4. The quantitative estimate of drug-likeness (QED) is 0.743. The second-order valence-corrected chi connectivity index (χ2v) is 8.41. The van der Waals surface area contributed by atoms with E-state index in [2.05, 4.69) is 16.4 Å². The van der Waals surface area contributed by atoms with E-state index in [-0.39, 0.29) is 17.3 Å². The molecular formula is C24H28FN5O. The molecule has 7 heteroatoms. The minimum absolute atomic E-state index is 0.0761. The first kappa shape index (κ1) is 21.0. The molecule has 0 saturated carbocycles. The number of likely N-dealkylation sites (tertiary alicyclic amines) is 1. The number of amides is 1. The van der Waals surface area contributed by atoms with E-state index >= 15 is 0 Å². The molecule has 2 aliphatic rings. The Kier molecular flexibility index (Phi) is 5.76. The maximum atomic E-state index is 13.1. The molecule has 6 nitrogen and oxygen atoms in total. The fourth-order valence-electron chi connectivity index (χ4n) is 4.55. The van der Waals surface area contributed by atoms with E-state index in [1.165, 1.54) is 12.1 Å². The van der Waals surface area contributed by atoms with Crippen molar-refractivity contribution in [2.45, 2.75) is 38.1 Å². The number of hydrogen-bond donors (Lipinski definition) is 2. The van der Waals surface area contributed by atoms with Crippen molar-refractivity contribution in [3.8, 4) is 0 Å². The molecule has 1 saturated heterocycles. The van der Waals surface area contributed by atoms with E-state index in [9.17, 15) is 9.18 Å². The first-order chi connectivity index (χ1) is 14.9. The lowest BCUT2D eigenvalue weighted by Gasteiger charge is -2.36. The highest BCUT2D eigenvalue weighted by atomic mass is 19.1. The summed E-state index contributed by atoms with van der Waals surface area (Å²) in [7, 11) is 1.72. The third kappa shape index (κ3) is 4.31. The molecule has 1 aromatic heterocycles. The molecule has 1 aromatic carbocycles. The first-order valence-corrected chi connectivity index (χ1v) is 10.6. The van der Waals surface area contributed by atoms with Crippen LogP contribution in [0.2, 0.25) is 0 Å². The Morgan fingerprint density at radius 2 is 2.13 bits per heavy atom. The number of anilines is 1. The zero-order chi connectivity index (χ0) is 22.0. The Labute approximate surface area is 182 Å². The van der Waals surface area contributed by atoms with Crippen molar-refractivity contribution >= 4 is 23.5 Å². The minimum Gasteiger partial charge on any atom is -0.404 e. The van der Waals surface area contributed by atoms with Gasteiger partial charge in [-0.15, -0.1) is 0 Å². The van der Waals surface area contributed by atoms with E-state index in [4.69, 9.17) is 10.7 Å². The molecule has 1 fully saturated rings. The molecule has 2 aliphatic heterocycles. The summed E-state index contributed by atoms with van der Waals surface area (Å²) in [6, 6.07) is 8.28. The number of allylic oxidation sites excluding steroid dienone is 1. The number of nitrogens with zero attached hydrogens (tertiary/aromatic N) is 3. The van der Waals surface area contributed by atoms with Gasteiger partial charge in [0.15, 0.2) is 0 Å². The average Bonchev–Trinajstić information content (AvgIpc) is 3.17. The van der Waals surface area contributed by atoms with E-state index in [1.807, 2.05) is 11.8 Å². The number of rotatable bonds is 4. The number of nitrogens with one attached hydrogen (secondary N) is 1. The zero-order valence-corrected chi connectivity index (χ0v) is 18.0. The molecule has 2 aromatic rings. The lowest BCUT2D eigenvalue weighted by Crippen LogP contribution is -2.45. The third-order valence-corrected chi connectivity index (χ3v) is 6.28. The lowest BCUT2D eigenvalue weighted by molar-refractivity contribution is -0.129. The number of benzene rings is 1. The fourth-order valence-corrected chi connectivity index (χ4v) is 4.55. The normalized spacial score (nSPS) is 20.9. The molecule has 0 bridgehead atoms. The molecule has 3 N–H and O–H groups in total. The second kappa shape index (κ2) is 8.49. The Morgan fingerprint density at radius 3 is 2.84 bits per heavy atom. The Morgan fingerprint density at radius 1 is 1.35 bits per heavy atom. The van der Waals surface area contributed by atoms with Crippen LogP contribution in [0.4, 0.5) is 10.2 Å². The van der Waals surface area contributed by atoms with Gasteiger partial charge in [-0.25, -0.2) is 9.37 Å². The molecule has 0 unspecified atom stereocenters. The summed E-state index contributed by atoms with van der Waals surface area (Å²) in [4.78, 5) is 23.6. The van der Waals surface area contributed by atoms with Crippen LogP contribution in [0.3, 0.4) is 0 Å². The number of aryl methyl sites for hydroxylation is 2. The number of halogens is 1. The molecule has 162 valence electrons. The van der Waals surface area contributed by atoms with Gasteiger partial charge < -0.3 is 16.0 Å². The van der Waals surface area contributed by atoms with Crippen LogP contribution in [-0.4, -0.2) is 47.7 Å². The van der Waals surface area contributed by atoms with Gasteiger partial charge in [-0.2, -0.15) is 0 Å². The molecule has 1 amide bonds. The number of hydrogen-bond acceptors (Lipinski definition) is 5. The van der Waals surface area contributed by atoms with Crippen molar-refractivity contribution in [3.63, 3.8) is 0 Å². The first-order valence-electron chi connectivity index (χ1n) is 10.6. The van der Waals surface area contributed by atoms with Gasteiger partial charge in [0.25, 0.3) is 0 Å². The van der Waals surface area contributed by atoms with Crippen LogP contribution >= 0.6 is 0 Å². The molecule has 0 aliphatic carbocycles. The SMILES string of the molecule is CN=CC(=CN)c1cc2c(nc1C)N[C@@]1(CC2)CCN(C(=O)Cc2ccc(F)cc2)C1. The average molecular weight is 422 g/mol. The van der Waals surface area contributed by atoms with Crippen LogP contribution in [0.25, 0.3) is 5.57 Å². The molecule has 1 spiro atoms. The summed E-state index contributed by atoms with van der Waals surface area (Å²) in [5.74, 6) is 0.681. The Bertz CT molecular complexity index is 1050. The van der Waals surface area contributed by atoms with Gasteiger partial charge in [-0.05, 0) is 55.5 Å². The maximum Gasteiger partial charge on any atom is 0.227 e. The van der Waals surface area contributed by atoms with Crippen LogP contribution in [0.5, 0.6) is 0 Å². The number of aromatic nitrogens is 1. The van der Waals surface area contributed by atoms with Crippen molar-refractivity contribution < 1.29 is 9.18 Å². The van der Waals surface area contributed by atoms with Crippen molar-refractivity contribution in [1.82, 2.24) is 9.88 Å². The molecule has 1 atom stereocenters. The highest BCUT2D eigenvalue weighted by Gasteiger charge is 2.42. The van der Waals surface area contributed by atoms with E-state index in [0.29, 0.717) is 19.5 Å². The number of nitrogens with two attached hydrogens (primary N) is 1. The van der Waals surface area contributed by atoms with Crippen LogP contribution in [0.1, 0.15) is 35.2 Å². The fraction of sp³-hybridized carbons (Fsp3) is 0.375. The summed E-state index contributed by atoms with van der Waals surface area (Å²) >= 11 is 0. The lowest BCUT2D eigenvalue weighted by atomic mass is 9.86. The van der Waals surface area contributed by atoms with Crippen LogP contribution in [0.15, 0.2) is 41.5 Å². The molecule has 0 radical (unpaired) electrons. The zero-order valence-electron chi connectivity index (χ0n) is 18.0. The predicted molar refractivity (Wildman–Crippen MR) is 122 cm³/mol. The summed E-state index contributed by atoms with van der Waals surface area (Å²) < 4.78 is 13.1. The number of fused-ring (bicyclic) bond motifs is 1. The van der Waals surface area contributed by atoms with Crippen LogP contribution in [0, 0.1) is 12.7 Å². The number of aliphatic imine (C=N–C) groups is 1. The van der Waals surface area contributed by atoms with Gasteiger partial charge >= 0.3 is 0 Å². The number of pyridine rings is 1. The van der Waals surface area contributed by atoms with E-state index < -0.39 is 0 Å². The second-order valence-electron chi connectivity index (χ2n) is 8.41. The van der Waals surface area contributed by atoms with Crippen molar-refractivity contribution in [1.29, 1.82) is 0 Å². The van der Waals surface area contributed by atoms with Crippen LogP contribution < -0.4 is 11.1 Å². The topological polar surface area (TPSA) is 83.6 Å². The molecule has 31 heavy (non-hydrogen) atoms. The molecule has 3 heterocycles. The van der Waals surface area contributed by atoms with Crippen molar-refractivity contribution in [2.75, 3.05) is 25.5 Å². The number of carbonyl (C=O) groups is 1. The minimum atomic E-state index is -0.289. The molecular weight excluding hydrogens is 393 g/mol. The van der Waals surface area contributed by atoms with Gasteiger partial charge in [-0.3, -0.25) is 9.79 Å². The summed E-state index contributed by atoms with van der Waals surface area (Å²) in [5, 5.41) is 3.65. The van der Waals surface area contributed by atoms with Gasteiger partial charge in [-0.1, -0.05) is 12.1 Å². The maximum absolute atomic E-state index is 13.1. The van der Waals surface area contributed by atoms with Gasteiger partial charge in [0.1, 0.15) is 11.6 Å². The van der Waals surface area contributed by atoms with Gasteiger partial charge in [0, 0.05) is 49.4 Å². The third-order valence-electron chi connectivity index (χ3n) is 6.28. The van der Waals surface area contributed by atoms with Gasteiger partial charge in [0.2, 0.25) is 5.91 Å². The van der Waals surface area contributed by atoms with Crippen molar-refractivity contribution in [3.05, 3.63) is 64.7 Å². The molecule has 4 rings (SSSR count). The van der Waals surface area contributed by atoms with E-state index in [0.717, 1.165) is 53.0 Å². The standard InChI is InChI=1S/C24H28FN5O/c1-16-21(19(13-26)14-27-2)12-18-7-8-24(29-23(18)28-16)9-10-30(15-24)22(31)11-17-3-5-20(25)6-4-17/h3-6,12-14H,7-11,15,26H2,1-2H3,(H,28,29)/t24-/m0/s1. The smallest absolute Gasteiger partial charge is 0.227 e. The predicted octanol–water partition coefficient (Wildman–Crippen LogP) is 3.10. The highest BCUT2D eigenvalue weighted by Crippen LogP contribution is 2.37. The summed E-state index contributed by atoms with van der Waals surface area (Å²) in [6.45, 7) is 3.34. The number of carbonyl (C=O) groups excluding carboxylic acids is 1. The van der Waals surface area contributed by atoms with Crippen LogP contribution in [-0.2, 0) is 17.6 Å². The summed E-state index contributed by atoms with van der Waals surface area (Å²) in [6.07, 6.45) is 6.32. The van der Waals surface area contributed by atoms with Gasteiger partial charge in [0.05, 0.1) is 12.0 Å². The Hall–Kier alpha value is -3.22. The van der Waals surface area contributed by atoms with E-state index in [1.54, 1.807) is 31.6 Å². The monoisotopic (exact) mass is 421 g/mol.